The minimum atomic E-state index is 0.0670. The summed E-state index contributed by atoms with van der Waals surface area (Å²) in [5, 5.41) is 8.97. The van der Waals surface area contributed by atoms with Crippen LogP contribution in [0.5, 0.6) is 5.75 Å². The highest BCUT2D eigenvalue weighted by Crippen LogP contribution is 2.24. The maximum Gasteiger partial charge on any atom is 0.137 e. The number of benzene rings is 1. The Morgan fingerprint density at radius 2 is 2.12 bits per heavy atom. The van der Waals surface area contributed by atoms with Crippen LogP contribution in [0.2, 0.25) is 0 Å². The zero-order valence-electron chi connectivity index (χ0n) is 9.87. The first-order valence-corrected chi connectivity index (χ1v) is 5.10. The molecular formula is C12H17N3O. The van der Waals surface area contributed by atoms with Crippen molar-refractivity contribution in [3.63, 3.8) is 0 Å². The molecule has 4 nitrogen and oxygen atoms in total. The van der Waals surface area contributed by atoms with Gasteiger partial charge in [-0.05, 0) is 23.6 Å². The van der Waals surface area contributed by atoms with Crippen molar-refractivity contribution in [2.24, 2.45) is 11.3 Å². The monoisotopic (exact) mass is 219 g/mol. The Labute approximate surface area is 96.0 Å². The molecule has 0 bridgehead atoms. The van der Waals surface area contributed by atoms with Gasteiger partial charge in [0, 0.05) is 0 Å². The first-order valence-electron chi connectivity index (χ1n) is 5.10. The normalized spacial score (nSPS) is 10.7. The van der Waals surface area contributed by atoms with E-state index in [-0.39, 0.29) is 5.41 Å². The molecule has 16 heavy (non-hydrogen) atoms. The van der Waals surface area contributed by atoms with Gasteiger partial charge in [-0.25, -0.2) is 0 Å². The van der Waals surface area contributed by atoms with Crippen LogP contribution in [0.3, 0.4) is 0 Å². The summed E-state index contributed by atoms with van der Waals surface area (Å²) in [6.45, 7) is 6.80. The Morgan fingerprint density at radius 3 is 2.62 bits per heavy atom. The molecule has 0 aliphatic carbocycles. The van der Waals surface area contributed by atoms with Crippen LogP contribution in [0, 0.1) is 16.7 Å². The highest BCUT2D eigenvalue weighted by atomic mass is 16.5. The van der Waals surface area contributed by atoms with Crippen molar-refractivity contribution >= 4 is 5.69 Å². The molecule has 0 atom stereocenters. The third-order valence-electron chi connectivity index (χ3n) is 1.93. The summed E-state index contributed by atoms with van der Waals surface area (Å²) in [5.41, 5.74) is 3.74. The summed E-state index contributed by atoms with van der Waals surface area (Å²) in [4.78, 5) is 0. The topological polar surface area (TPSA) is 71.1 Å². The molecule has 0 fully saturated rings. The highest BCUT2D eigenvalue weighted by Gasteiger charge is 2.13. The largest absolute Gasteiger partial charge is 0.492 e. The highest BCUT2D eigenvalue weighted by molar-refractivity contribution is 5.54. The average molecular weight is 219 g/mol. The van der Waals surface area contributed by atoms with E-state index in [1.807, 2.05) is 0 Å². The predicted octanol–water partition coefficient (Wildman–Crippen LogP) is 2.27. The number of ether oxygens (including phenoxy) is 1. The number of hydrogen-bond acceptors (Lipinski definition) is 4. The lowest BCUT2D eigenvalue weighted by atomic mass is 9.98. The Kier molecular flexibility index (Phi) is 3.75. The molecule has 0 unspecified atom stereocenters. The van der Waals surface area contributed by atoms with Crippen molar-refractivity contribution in [3.8, 4) is 11.8 Å². The van der Waals surface area contributed by atoms with Gasteiger partial charge in [0.05, 0.1) is 17.9 Å². The molecule has 0 aliphatic rings. The lowest BCUT2D eigenvalue weighted by Crippen LogP contribution is -2.17. The second kappa shape index (κ2) is 4.86. The Morgan fingerprint density at radius 1 is 1.44 bits per heavy atom. The fourth-order valence-corrected chi connectivity index (χ4v) is 1.13. The zero-order chi connectivity index (χ0) is 12.2. The van der Waals surface area contributed by atoms with Gasteiger partial charge < -0.3 is 10.2 Å². The molecule has 1 aromatic carbocycles. The zero-order valence-corrected chi connectivity index (χ0v) is 9.87. The minimum absolute atomic E-state index is 0.0670. The number of rotatable bonds is 3. The summed E-state index contributed by atoms with van der Waals surface area (Å²) in [6.07, 6.45) is 0. The molecule has 86 valence electrons. The van der Waals surface area contributed by atoms with Crippen LogP contribution in [0.1, 0.15) is 26.3 Å². The molecule has 1 aromatic rings. The molecule has 0 amide bonds. The van der Waals surface area contributed by atoms with Crippen molar-refractivity contribution in [2.75, 3.05) is 12.0 Å². The number of hydrogen-bond donors (Lipinski definition) is 2. The Hall–Kier alpha value is -1.73. The second-order valence-electron chi connectivity index (χ2n) is 4.82. The quantitative estimate of drug-likeness (QED) is 0.604. The molecule has 0 spiro atoms. The van der Waals surface area contributed by atoms with Crippen LogP contribution in [-0.2, 0) is 0 Å². The van der Waals surface area contributed by atoms with Crippen LogP contribution in [0.15, 0.2) is 18.2 Å². The van der Waals surface area contributed by atoms with E-state index in [1.54, 1.807) is 18.2 Å². The van der Waals surface area contributed by atoms with E-state index in [0.717, 1.165) is 0 Å². The number of nitriles is 1. The predicted molar refractivity (Wildman–Crippen MR) is 63.9 cm³/mol. The third-order valence-corrected chi connectivity index (χ3v) is 1.93. The number of nitrogens with two attached hydrogens (primary N) is 1. The van der Waals surface area contributed by atoms with Gasteiger partial charge in [0.2, 0.25) is 0 Å². The lowest BCUT2D eigenvalue weighted by molar-refractivity contribution is 0.197. The molecule has 0 heterocycles. The van der Waals surface area contributed by atoms with Crippen molar-refractivity contribution in [2.45, 2.75) is 20.8 Å². The standard InChI is InChI=1S/C12H17N3O/c1-12(2,3)8-16-11-5-4-10(15-14)6-9(11)7-13/h4-6,15H,8,14H2,1-3H3. The number of nitrogen functional groups attached to an aromatic ring is 1. The van der Waals surface area contributed by atoms with Gasteiger partial charge in [-0.15, -0.1) is 0 Å². The van der Waals surface area contributed by atoms with E-state index in [9.17, 15) is 0 Å². The fourth-order valence-electron chi connectivity index (χ4n) is 1.13. The maximum absolute atomic E-state index is 8.97. The Balaban J connectivity index is 2.85. The van der Waals surface area contributed by atoms with E-state index < -0.39 is 0 Å². The molecule has 1 rings (SSSR count). The molecule has 0 saturated carbocycles. The number of nitrogens with one attached hydrogen (secondary N) is 1. The molecule has 4 heteroatoms. The van der Waals surface area contributed by atoms with Gasteiger partial charge in [0.25, 0.3) is 0 Å². The van der Waals surface area contributed by atoms with E-state index in [4.69, 9.17) is 15.8 Å². The van der Waals surface area contributed by atoms with Crippen LogP contribution in [0.4, 0.5) is 5.69 Å². The summed E-state index contributed by atoms with van der Waals surface area (Å²) in [6, 6.07) is 7.28. The van der Waals surface area contributed by atoms with Gasteiger partial charge in [0.15, 0.2) is 0 Å². The number of nitrogens with zero attached hydrogens (tertiary/aromatic N) is 1. The minimum Gasteiger partial charge on any atom is -0.492 e. The molecule has 0 aliphatic heterocycles. The molecule has 0 saturated heterocycles. The third kappa shape index (κ3) is 3.44. The van der Waals surface area contributed by atoms with Crippen LogP contribution >= 0.6 is 0 Å². The molecule has 0 aromatic heterocycles. The Bertz CT molecular complexity index is 402. The van der Waals surface area contributed by atoms with E-state index in [2.05, 4.69) is 32.3 Å². The summed E-state index contributed by atoms with van der Waals surface area (Å²) in [7, 11) is 0. The summed E-state index contributed by atoms with van der Waals surface area (Å²) >= 11 is 0. The van der Waals surface area contributed by atoms with Gasteiger partial charge in [-0.2, -0.15) is 5.26 Å². The molecular weight excluding hydrogens is 202 g/mol. The van der Waals surface area contributed by atoms with Gasteiger partial charge in [-0.3, -0.25) is 5.84 Å². The van der Waals surface area contributed by atoms with Crippen molar-refractivity contribution in [1.82, 2.24) is 0 Å². The van der Waals surface area contributed by atoms with E-state index in [0.29, 0.717) is 23.6 Å². The first kappa shape index (κ1) is 12.3. The van der Waals surface area contributed by atoms with Gasteiger partial charge >= 0.3 is 0 Å². The first-order chi connectivity index (χ1) is 7.46. The average Bonchev–Trinajstić information content (AvgIpc) is 2.25. The van der Waals surface area contributed by atoms with E-state index in [1.165, 1.54) is 0 Å². The van der Waals surface area contributed by atoms with Crippen LogP contribution in [-0.4, -0.2) is 6.61 Å². The molecule has 3 N–H and O–H groups in total. The number of anilines is 1. The number of hydrazine groups is 1. The van der Waals surface area contributed by atoms with Gasteiger partial charge in [0.1, 0.15) is 11.8 Å². The van der Waals surface area contributed by atoms with E-state index >= 15 is 0 Å². The van der Waals surface area contributed by atoms with Crippen molar-refractivity contribution in [3.05, 3.63) is 23.8 Å². The van der Waals surface area contributed by atoms with Crippen molar-refractivity contribution < 1.29 is 4.74 Å². The maximum atomic E-state index is 8.97. The molecule has 0 radical (unpaired) electrons. The van der Waals surface area contributed by atoms with Gasteiger partial charge in [-0.1, -0.05) is 20.8 Å². The second-order valence-corrected chi connectivity index (χ2v) is 4.82. The summed E-state index contributed by atoms with van der Waals surface area (Å²) < 4.78 is 5.60. The van der Waals surface area contributed by atoms with Crippen LogP contribution < -0.4 is 16.0 Å². The van der Waals surface area contributed by atoms with Crippen LogP contribution in [0.25, 0.3) is 0 Å². The SMILES string of the molecule is CC(C)(C)COc1ccc(NN)cc1C#N. The summed E-state index contributed by atoms with van der Waals surface area (Å²) in [5.74, 6) is 5.86. The fraction of sp³-hybridized carbons (Fsp3) is 0.417. The lowest BCUT2D eigenvalue weighted by Gasteiger charge is -2.19. The van der Waals surface area contributed by atoms with Crippen molar-refractivity contribution in [1.29, 1.82) is 5.26 Å². The smallest absolute Gasteiger partial charge is 0.137 e.